The van der Waals surface area contributed by atoms with Crippen molar-refractivity contribution in [3.8, 4) is 0 Å². The van der Waals surface area contributed by atoms with E-state index in [4.69, 9.17) is 9.84 Å². The van der Waals surface area contributed by atoms with E-state index in [1.54, 1.807) is 18.3 Å². The highest BCUT2D eigenvalue weighted by Crippen LogP contribution is 2.42. The molecule has 0 aromatic carbocycles. The predicted octanol–water partition coefficient (Wildman–Crippen LogP) is 0.133. The molecular weight excluding hydrogens is 360 g/mol. The Morgan fingerprint density at radius 1 is 1.32 bits per heavy atom. The molecule has 154 valence electrons. The number of carbonyl (C=O) groups is 2. The highest BCUT2D eigenvalue weighted by Gasteiger charge is 2.53. The van der Waals surface area contributed by atoms with Gasteiger partial charge in [0.05, 0.1) is 31.3 Å². The van der Waals surface area contributed by atoms with Gasteiger partial charge < -0.3 is 25.0 Å². The predicted molar refractivity (Wildman–Crippen MR) is 104 cm³/mol. The second-order valence-corrected chi connectivity index (χ2v) is 7.59. The maximum absolute atomic E-state index is 13.2. The first-order valence-electron chi connectivity index (χ1n) is 9.96. The van der Waals surface area contributed by atoms with Gasteiger partial charge >= 0.3 is 0 Å². The van der Waals surface area contributed by atoms with Crippen molar-refractivity contribution in [3.05, 3.63) is 30.1 Å². The maximum atomic E-state index is 13.2. The Hall–Kier alpha value is -2.03. The van der Waals surface area contributed by atoms with Crippen LogP contribution in [0.15, 0.2) is 24.4 Å². The number of likely N-dealkylation sites (N-methyl/N-ethyl adjacent to an activating group) is 1. The zero-order valence-electron chi connectivity index (χ0n) is 16.5. The Balaban J connectivity index is 1.76. The molecule has 1 aromatic heterocycles. The molecule has 0 spiro atoms. The van der Waals surface area contributed by atoms with Crippen LogP contribution in [0, 0.1) is 5.41 Å². The van der Waals surface area contributed by atoms with E-state index in [1.807, 2.05) is 18.0 Å². The maximum Gasteiger partial charge on any atom is 0.272 e. The normalized spacial score (nSPS) is 25.2. The Bertz CT molecular complexity index is 671. The monoisotopic (exact) mass is 390 g/mol. The lowest BCUT2D eigenvalue weighted by molar-refractivity contribution is -0.142. The average molecular weight is 390 g/mol. The number of fused-ring (bicyclic) bond motifs is 1. The molecule has 1 aromatic rings. The van der Waals surface area contributed by atoms with Crippen molar-refractivity contribution in [2.75, 3.05) is 53.0 Å². The third-order valence-electron chi connectivity index (χ3n) is 5.82. The summed E-state index contributed by atoms with van der Waals surface area (Å²) in [7, 11) is 2.03. The topological polar surface area (TPSA) is 95.0 Å². The van der Waals surface area contributed by atoms with Gasteiger partial charge in [0.1, 0.15) is 5.69 Å². The second-order valence-electron chi connectivity index (χ2n) is 7.59. The first kappa shape index (κ1) is 20.7. The van der Waals surface area contributed by atoms with Crippen molar-refractivity contribution in [2.45, 2.75) is 25.3 Å². The van der Waals surface area contributed by atoms with Crippen LogP contribution >= 0.6 is 0 Å². The first-order valence-corrected chi connectivity index (χ1v) is 9.96. The number of likely N-dealkylation sites (tertiary alicyclic amines) is 2. The Labute approximate surface area is 165 Å². The molecule has 0 saturated carbocycles. The molecule has 2 amide bonds. The lowest BCUT2D eigenvalue weighted by Crippen LogP contribution is -2.66. The van der Waals surface area contributed by atoms with Crippen LogP contribution < -0.4 is 5.32 Å². The van der Waals surface area contributed by atoms with E-state index in [2.05, 4.69) is 15.2 Å². The number of rotatable bonds is 7. The van der Waals surface area contributed by atoms with Gasteiger partial charge in [0, 0.05) is 25.8 Å². The summed E-state index contributed by atoms with van der Waals surface area (Å²) in [6.07, 6.45) is 3.92. The SMILES string of the molecule is CN1CC[C@]2(C(=O)NCCOCCO)CCCN(C(=O)c3ccccn3)[C@@H]2C1. The van der Waals surface area contributed by atoms with Gasteiger partial charge in [-0.25, -0.2) is 0 Å². The average Bonchev–Trinajstić information content (AvgIpc) is 2.73. The van der Waals surface area contributed by atoms with E-state index in [0.717, 1.165) is 25.8 Å². The van der Waals surface area contributed by atoms with E-state index >= 15 is 0 Å². The summed E-state index contributed by atoms with van der Waals surface area (Å²) in [5, 5.41) is 11.8. The lowest BCUT2D eigenvalue weighted by atomic mass is 9.67. The first-order chi connectivity index (χ1) is 13.6. The molecule has 2 saturated heterocycles. The van der Waals surface area contributed by atoms with Gasteiger partial charge in [0.2, 0.25) is 5.91 Å². The largest absolute Gasteiger partial charge is 0.394 e. The van der Waals surface area contributed by atoms with Crippen molar-refractivity contribution >= 4 is 11.8 Å². The Kier molecular flexibility index (Phi) is 6.98. The summed E-state index contributed by atoms with van der Waals surface area (Å²) >= 11 is 0. The Morgan fingerprint density at radius 2 is 2.18 bits per heavy atom. The van der Waals surface area contributed by atoms with E-state index in [1.165, 1.54) is 0 Å². The van der Waals surface area contributed by atoms with Gasteiger partial charge in [-0.3, -0.25) is 14.6 Å². The van der Waals surface area contributed by atoms with Gasteiger partial charge in [-0.15, -0.1) is 0 Å². The minimum atomic E-state index is -0.577. The zero-order chi connectivity index (χ0) is 20.0. The summed E-state index contributed by atoms with van der Waals surface area (Å²) in [5.41, 5.74) is -0.157. The third-order valence-corrected chi connectivity index (χ3v) is 5.82. The molecule has 2 aliphatic rings. The molecule has 2 atom stereocenters. The smallest absolute Gasteiger partial charge is 0.272 e. The molecule has 2 fully saturated rings. The molecule has 3 heterocycles. The fourth-order valence-electron chi connectivity index (χ4n) is 4.36. The number of hydrogen-bond acceptors (Lipinski definition) is 6. The molecule has 2 N–H and O–H groups in total. The van der Waals surface area contributed by atoms with Gasteiger partial charge in [-0.05, 0) is 45.0 Å². The number of aromatic nitrogens is 1. The number of aliphatic hydroxyl groups excluding tert-OH is 1. The Morgan fingerprint density at radius 3 is 2.93 bits per heavy atom. The number of pyridine rings is 1. The van der Waals surface area contributed by atoms with Crippen molar-refractivity contribution in [1.29, 1.82) is 0 Å². The number of aliphatic hydroxyl groups is 1. The molecule has 0 bridgehead atoms. The van der Waals surface area contributed by atoms with Gasteiger partial charge in [0.25, 0.3) is 5.91 Å². The van der Waals surface area contributed by atoms with Crippen LogP contribution in [-0.4, -0.2) is 90.8 Å². The van der Waals surface area contributed by atoms with Gasteiger partial charge in [-0.2, -0.15) is 0 Å². The molecule has 8 heteroatoms. The van der Waals surface area contributed by atoms with Crippen LogP contribution in [0.1, 0.15) is 29.8 Å². The zero-order valence-corrected chi connectivity index (χ0v) is 16.5. The molecule has 0 unspecified atom stereocenters. The molecule has 0 aliphatic carbocycles. The van der Waals surface area contributed by atoms with Crippen LogP contribution in [0.2, 0.25) is 0 Å². The third kappa shape index (κ3) is 4.34. The van der Waals surface area contributed by atoms with Crippen molar-refractivity contribution in [1.82, 2.24) is 20.1 Å². The minimum Gasteiger partial charge on any atom is -0.394 e. The van der Waals surface area contributed by atoms with E-state index in [-0.39, 0.29) is 31.1 Å². The quantitative estimate of drug-likeness (QED) is 0.643. The minimum absolute atomic E-state index is 0.00304. The molecular formula is C20H30N4O4. The number of piperidine rings is 2. The van der Waals surface area contributed by atoms with E-state index < -0.39 is 5.41 Å². The standard InChI is InChI=1S/C20H30N4O4/c1-23-11-7-20(19(27)22-9-13-28-14-12-25)6-4-10-24(17(20)15-23)18(26)16-5-2-3-8-21-16/h2-3,5,8,17,25H,4,6-7,9-15H2,1H3,(H,22,27)/t17-,20-/m1/s1. The number of nitrogens with zero attached hydrogens (tertiary/aromatic N) is 3. The number of amides is 2. The van der Waals surface area contributed by atoms with Crippen LogP contribution in [0.3, 0.4) is 0 Å². The van der Waals surface area contributed by atoms with Crippen LogP contribution in [0.5, 0.6) is 0 Å². The number of hydrogen-bond donors (Lipinski definition) is 2. The molecule has 2 aliphatic heterocycles. The van der Waals surface area contributed by atoms with Crippen molar-refractivity contribution in [2.24, 2.45) is 5.41 Å². The second kappa shape index (κ2) is 9.45. The van der Waals surface area contributed by atoms with Crippen LogP contribution in [0.25, 0.3) is 0 Å². The van der Waals surface area contributed by atoms with Gasteiger partial charge in [-0.1, -0.05) is 6.07 Å². The molecule has 28 heavy (non-hydrogen) atoms. The van der Waals surface area contributed by atoms with Crippen molar-refractivity contribution in [3.63, 3.8) is 0 Å². The van der Waals surface area contributed by atoms with E-state index in [0.29, 0.717) is 31.9 Å². The fourth-order valence-corrected chi connectivity index (χ4v) is 4.36. The fraction of sp³-hybridized carbons (Fsp3) is 0.650. The van der Waals surface area contributed by atoms with Crippen LogP contribution in [0.4, 0.5) is 0 Å². The number of nitrogens with one attached hydrogen (secondary N) is 1. The summed E-state index contributed by atoms with van der Waals surface area (Å²) in [6, 6.07) is 5.15. The lowest BCUT2D eigenvalue weighted by Gasteiger charge is -2.53. The number of ether oxygens (including phenoxy) is 1. The highest BCUT2D eigenvalue weighted by molar-refractivity contribution is 5.94. The van der Waals surface area contributed by atoms with Crippen molar-refractivity contribution < 1.29 is 19.4 Å². The molecule has 0 radical (unpaired) electrons. The van der Waals surface area contributed by atoms with Gasteiger partial charge in [0.15, 0.2) is 0 Å². The summed E-state index contributed by atoms with van der Waals surface area (Å²) in [6.45, 7) is 3.14. The number of carbonyl (C=O) groups excluding carboxylic acids is 2. The summed E-state index contributed by atoms with van der Waals surface area (Å²) in [5.74, 6) is -0.110. The van der Waals surface area contributed by atoms with Crippen LogP contribution in [-0.2, 0) is 9.53 Å². The van der Waals surface area contributed by atoms with E-state index in [9.17, 15) is 9.59 Å². The summed E-state index contributed by atoms with van der Waals surface area (Å²) < 4.78 is 5.24. The highest BCUT2D eigenvalue weighted by atomic mass is 16.5. The molecule has 8 nitrogen and oxygen atoms in total. The molecule has 3 rings (SSSR count). The summed E-state index contributed by atoms with van der Waals surface area (Å²) in [4.78, 5) is 34.6.